The van der Waals surface area contributed by atoms with Crippen molar-refractivity contribution < 1.29 is 39.5 Å². The summed E-state index contributed by atoms with van der Waals surface area (Å²) in [6.45, 7) is 0.440. The summed E-state index contributed by atoms with van der Waals surface area (Å²) in [5.41, 5.74) is 2.78. The molecule has 7 N–H and O–H groups in total. The van der Waals surface area contributed by atoms with Crippen LogP contribution < -0.4 is 15.8 Å². The fourth-order valence-electron chi connectivity index (χ4n) is 6.29. The highest BCUT2D eigenvalue weighted by atomic mass is 16.5. The first-order valence-electron chi connectivity index (χ1n) is 12.2. The van der Waals surface area contributed by atoms with Crippen LogP contribution in [-0.2, 0) is 22.6 Å². The Bertz CT molecular complexity index is 1290. The van der Waals surface area contributed by atoms with Gasteiger partial charge in [0.05, 0.1) is 18.7 Å². The zero-order chi connectivity index (χ0) is 27.0. The zero-order valence-corrected chi connectivity index (χ0v) is 20.9. The summed E-state index contributed by atoms with van der Waals surface area (Å²) in [4.78, 5) is 40.6. The van der Waals surface area contributed by atoms with Crippen LogP contribution in [0.5, 0.6) is 11.5 Å². The quantitative estimate of drug-likeness (QED) is 0.291. The normalized spacial score (nSPS) is 29.3. The summed E-state index contributed by atoms with van der Waals surface area (Å²) in [7, 11) is 4.66. The number of ketones is 2. The first-order valence-corrected chi connectivity index (χ1v) is 12.2. The number of aliphatic hydroxyl groups is 3. The number of carbonyl (C=O) groups is 3. The van der Waals surface area contributed by atoms with E-state index in [0.29, 0.717) is 29.5 Å². The standard InChI is InChI=1S/C26H31N3O8/c1-29(2)19-14-7-10-6-13-17(15(30)8-11(22(13)37-3)9-28-12-4-5-12)20(31)16(10)23(33)26(14,36)24(34)18(21(19)32)25(27)35/h8,10,12,14,19,28,30,32-33,36H,4-7,9H2,1-3H3,(H2,27,35)/t10-,14-,19-,26-/m0/s1. The summed E-state index contributed by atoms with van der Waals surface area (Å²) >= 11 is 0. The second-order valence-electron chi connectivity index (χ2n) is 10.6. The van der Waals surface area contributed by atoms with Crippen molar-refractivity contribution in [3.63, 3.8) is 0 Å². The molecule has 0 unspecified atom stereocenters. The van der Waals surface area contributed by atoms with Gasteiger partial charge in [-0.05, 0) is 51.8 Å². The molecule has 1 saturated carbocycles. The van der Waals surface area contributed by atoms with Crippen LogP contribution in [0.1, 0.15) is 40.7 Å². The molecule has 0 aromatic heterocycles. The Morgan fingerprint density at radius 3 is 2.49 bits per heavy atom. The van der Waals surface area contributed by atoms with Crippen LogP contribution >= 0.6 is 0 Å². The maximum Gasteiger partial charge on any atom is 0.255 e. The average Bonchev–Trinajstić information content (AvgIpc) is 3.64. The van der Waals surface area contributed by atoms with Gasteiger partial charge in [-0.15, -0.1) is 0 Å². The van der Waals surface area contributed by atoms with Crippen LogP contribution in [0.25, 0.3) is 0 Å². The van der Waals surface area contributed by atoms with E-state index in [0.717, 1.165) is 12.8 Å². The molecular weight excluding hydrogens is 482 g/mol. The Kier molecular flexibility index (Phi) is 5.85. The van der Waals surface area contributed by atoms with Crippen molar-refractivity contribution in [2.24, 2.45) is 17.6 Å². The number of phenols is 1. The van der Waals surface area contributed by atoms with E-state index in [2.05, 4.69) is 5.32 Å². The van der Waals surface area contributed by atoms with E-state index < -0.39 is 58.0 Å². The van der Waals surface area contributed by atoms with E-state index in [1.165, 1.54) is 18.1 Å². The molecule has 0 spiro atoms. The smallest absolute Gasteiger partial charge is 0.255 e. The molecule has 1 aromatic carbocycles. The molecule has 0 heterocycles. The number of ether oxygens (including phenoxy) is 1. The Balaban J connectivity index is 1.66. The van der Waals surface area contributed by atoms with E-state index in [9.17, 15) is 34.8 Å². The molecule has 1 fully saturated rings. The van der Waals surface area contributed by atoms with Crippen molar-refractivity contribution in [2.75, 3.05) is 21.2 Å². The molecular formula is C26H31N3O8. The minimum atomic E-state index is -2.65. The Morgan fingerprint density at radius 1 is 1.24 bits per heavy atom. The number of rotatable bonds is 6. The molecule has 4 aliphatic rings. The monoisotopic (exact) mass is 513 g/mol. The van der Waals surface area contributed by atoms with Crippen molar-refractivity contribution in [1.29, 1.82) is 0 Å². The lowest BCUT2D eigenvalue weighted by molar-refractivity contribution is -0.148. The van der Waals surface area contributed by atoms with E-state index in [-0.39, 0.29) is 29.7 Å². The summed E-state index contributed by atoms with van der Waals surface area (Å²) in [6, 6.07) is 0.822. The van der Waals surface area contributed by atoms with Gasteiger partial charge in [-0.2, -0.15) is 0 Å². The number of fused-ring (bicyclic) bond motifs is 3. The lowest BCUT2D eigenvalue weighted by atomic mass is 9.58. The molecule has 0 aliphatic heterocycles. The number of hydrogen-bond donors (Lipinski definition) is 6. The van der Waals surface area contributed by atoms with Crippen LogP contribution in [0.4, 0.5) is 0 Å². The highest BCUT2D eigenvalue weighted by Crippen LogP contribution is 2.53. The van der Waals surface area contributed by atoms with E-state index in [1.807, 2.05) is 0 Å². The zero-order valence-electron chi connectivity index (χ0n) is 20.9. The van der Waals surface area contributed by atoms with Crippen molar-refractivity contribution >= 4 is 17.5 Å². The number of benzene rings is 1. The van der Waals surface area contributed by atoms with Crippen molar-refractivity contribution in [1.82, 2.24) is 10.2 Å². The summed E-state index contributed by atoms with van der Waals surface area (Å²) in [5.74, 6) is -6.29. The molecule has 4 aliphatic carbocycles. The molecule has 0 bridgehead atoms. The van der Waals surface area contributed by atoms with Gasteiger partial charge in [-0.25, -0.2) is 0 Å². The number of hydrogen-bond acceptors (Lipinski definition) is 10. The first kappa shape index (κ1) is 25.2. The third-order valence-corrected chi connectivity index (χ3v) is 8.11. The second kappa shape index (κ2) is 8.57. The van der Waals surface area contributed by atoms with Crippen molar-refractivity contribution in [3.05, 3.63) is 45.4 Å². The predicted molar refractivity (Wildman–Crippen MR) is 130 cm³/mol. The summed E-state index contributed by atoms with van der Waals surface area (Å²) < 4.78 is 5.67. The van der Waals surface area contributed by atoms with Gasteiger partial charge in [0, 0.05) is 35.2 Å². The number of nitrogens with zero attached hydrogens (tertiary/aromatic N) is 1. The van der Waals surface area contributed by atoms with Crippen LogP contribution in [0.15, 0.2) is 28.7 Å². The molecule has 11 heteroatoms. The van der Waals surface area contributed by atoms with Gasteiger partial charge in [0.15, 0.2) is 11.4 Å². The number of primary amides is 1. The Morgan fingerprint density at radius 2 is 1.92 bits per heavy atom. The van der Waals surface area contributed by atoms with Crippen LogP contribution in [0.3, 0.4) is 0 Å². The number of likely N-dealkylation sites (N-methyl/N-ethyl adjacent to an activating group) is 1. The molecule has 5 rings (SSSR count). The number of Topliss-reactive ketones (excluding diaryl/α,β-unsaturated/α-hetero) is 2. The fraction of sp³-hybridized carbons (Fsp3) is 0.500. The number of carbonyl (C=O) groups excluding carboxylic acids is 3. The van der Waals surface area contributed by atoms with Gasteiger partial charge in [-0.3, -0.25) is 19.3 Å². The van der Waals surface area contributed by atoms with E-state index >= 15 is 0 Å². The van der Waals surface area contributed by atoms with E-state index in [1.54, 1.807) is 14.1 Å². The van der Waals surface area contributed by atoms with Gasteiger partial charge < -0.3 is 36.2 Å². The molecule has 4 atom stereocenters. The predicted octanol–water partition coefficient (Wildman–Crippen LogP) is 0.381. The van der Waals surface area contributed by atoms with Crippen LogP contribution in [0, 0.1) is 11.8 Å². The number of phenolic OH excluding ortho intramolecular Hbond substituents is 1. The highest BCUT2D eigenvalue weighted by Gasteiger charge is 2.63. The number of aliphatic hydroxyl groups excluding tert-OH is 2. The van der Waals surface area contributed by atoms with Gasteiger partial charge >= 0.3 is 0 Å². The maximum absolute atomic E-state index is 13.7. The number of aromatic hydroxyl groups is 1. The summed E-state index contributed by atoms with van der Waals surface area (Å²) in [6.07, 6.45) is 2.35. The molecule has 0 radical (unpaired) electrons. The third-order valence-electron chi connectivity index (χ3n) is 8.11. The number of nitrogens with one attached hydrogen (secondary N) is 1. The Hall–Kier alpha value is -3.41. The molecule has 1 amide bonds. The largest absolute Gasteiger partial charge is 0.510 e. The molecule has 37 heavy (non-hydrogen) atoms. The third kappa shape index (κ3) is 3.56. The van der Waals surface area contributed by atoms with Crippen molar-refractivity contribution in [3.8, 4) is 11.5 Å². The molecule has 11 nitrogen and oxygen atoms in total. The number of amides is 1. The fourth-order valence-corrected chi connectivity index (χ4v) is 6.29. The minimum Gasteiger partial charge on any atom is -0.510 e. The van der Waals surface area contributed by atoms with Crippen LogP contribution in [-0.4, -0.2) is 81.7 Å². The van der Waals surface area contributed by atoms with Crippen LogP contribution in [0.2, 0.25) is 0 Å². The molecule has 0 saturated heterocycles. The average molecular weight is 514 g/mol. The topological polar surface area (TPSA) is 183 Å². The number of nitrogens with two attached hydrogens (primary N) is 1. The lowest BCUT2D eigenvalue weighted by Gasteiger charge is -2.50. The summed E-state index contributed by atoms with van der Waals surface area (Å²) in [5, 5.41) is 48.0. The van der Waals surface area contributed by atoms with Gasteiger partial charge in [0.25, 0.3) is 5.91 Å². The minimum absolute atomic E-state index is 0.0280. The number of methoxy groups -OCH3 is 1. The maximum atomic E-state index is 13.7. The number of allylic oxidation sites excluding steroid dienone is 1. The SMILES string of the molecule is COc1c(CNC2CC2)cc(O)c2c1C[C@H]1C[C@H]3[C@H](N(C)C)C(O)=C(C(N)=O)C(=O)[C@@]3(O)C(O)=C1C2=O. The van der Waals surface area contributed by atoms with Gasteiger partial charge in [-0.1, -0.05) is 0 Å². The Labute approximate surface area is 213 Å². The first-order chi connectivity index (χ1) is 17.4. The lowest BCUT2D eigenvalue weighted by Crippen LogP contribution is -2.63. The second-order valence-corrected chi connectivity index (χ2v) is 10.6. The van der Waals surface area contributed by atoms with Gasteiger partial charge in [0.1, 0.15) is 28.6 Å². The molecule has 198 valence electrons. The molecule has 1 aromatic rings. The van der Waals surface area contributed by atoms with Crippen molar-refractivity contribution in [2.45, 2.75) is 49.9 Å². The van der Waals surface area contributed by atoms with E-state index in [4.69, 9.17) is 10.5 Å². The highest BCUT2D eigenvalue weighted by molar-refractivity contribution is 6.24. The van der Waals surface area contributed by atoms with Gasteiger partial charge in [0.2, 0.25) is 5.78 Å².